The Morgan fingerprint density at radius 3 is 2.22 bits per heavy atom. The summed E-state index contributed by atoms with van der Waals surface area (Å²) >= 11 is 0. The fraction of sp³-hybridized carbons (Fsp3) is 0.160. The lowest BCUT2D eigenvalue weighted by Crippen LogP contribution is -2.16. The summed E-state index contributed by atoms with van der Waals surface area (Å²) in [4.78, 5) is 19.7. The number of nitrogens with zero attached hydrogens (tertiary/aromatic N) is 2. The zero-order valence-electron chi connectivity index (χ0n) is 19.7. The molecule has 12 heteroatoms. The maximum atomic E-state index is 13.2. The second-order valence-corrected chi connectivity index (χ2v) is 9.47. The van der Waals surface area contributed by atoms with Gasteiger partial charge in [0.05, 0.1) is 23.0 Å². The fourth-order valence-corrected chi connectivity index (χ4v) is 4.48. The number of carbonyl (C=O) groups is 1. The van der Waals surface area contributed by atoms with E-state index in [0.29, 0.717) is 28.9 Å². The van der Waals surface area contributed by atoms with Crippen LogP contribution >= 0.6 is 0 Å². The van der Waals surface area contributed by atoms with Crippen LogP contribution in [0.25, 0.3) is 11.0 Å². The van der Waals surface area contributed by atoms with Crippen molar-refractivity contribution >= 4 is 44.3 Å². The van der Waals surface area contributed by atoms with Gasteiger partial charge >= 0.3 is 5.97 Å². The first-order valence-electron chi connectivity index (χ1n) is 11.1. The number of aromatic nitrogens is 2. The first-order chi connectivity index (χ1) is 17.8. The highest BCUT2D eigenvalue weighted by molar-refractivity contribution is 7.92. The van der Waals surface area contributed by atoms with Gasteiger partial charge in [-0.3, -0.25) is 4.72 Å². The fourth-order valence-electron chi connectivity index (χ4n) is 3.47. The topological polar surface area (TPSA) is 160 Å². The van der Waals surface area contributed by atoms with Crippen molar-refractivity contribution < 1.29 is 32.9 Å². The number of carboxylic acid groups (broad SMARTS) is 1. The van der Waals surface area contributed by atoms with E-state index in [9.17, 15) is 18.3 Å². The number of para-hydroxylation sites is 2. The molecule has 0 radical (unpaired) electrons. The minimum atomic E-state index is -4.11. The molecule has 1 aromatic heterocycles. The normalized spacial score (nSPS) is 11.2. The zero-order valence-corrected chi connectivity index (χ0v) is 20.5. The third-order valence-electron chi connectivity index (χ3n) is 5.25. The SMILES string of the molecule is COc1ccc(CCO)c(Nc2nc3ccccc3nc2NS(=O)(=O)c2ccc(OCC(=O)O)cc2)c1. The Hall–Kier alpha value is -4.42. The number of rotatable bonds is 11. The Labute approximate surface area is 212 Å². The van der Waals surface area contributed by atoms with Crippen molar-refractivity contribution in [3.8, 4) is 11.5 Å². The third kappa shape index (κ3) is 6.23. The molecule has 0 saturated carbocycles. The Morgan fingerprint density at radius 1 is 0.946 bits per heavy atom. The number of benzene rings is 3. The van der Waals surface area contributed by atoms with Gasteiger partial charge in [0.15, 0.2) is 18.2 Å². The molecule has 0 amide bonds. The summed E-state index contributed by atoms with van der Waals surface area (Å²) in [5.41, 5.74) is 2.35. The average molecular weight is 525 g/mol. The van der Waals surface area contributed by atoms with E-state index in [1.165, 1.54) is 31.4 Å². The highest BCUT2D eigenvalue weighted by atomic mass is 32.2. The van der Waals surface area contributed by atoms with E-state index in [0.717, 1.165) is 5.56 Å². The number of aliphatic hydroxyl groups excluding tert-OH is 1. The number of hydrogen-bond acceptors (Lipinski definition) is 9. The molecule has 0 fully saturated rings. The van der Waals surface area contributed by atoms with Gasteiger partial charge in [-0.2, -0.15) is 0 Å². The van der Waals surface area contributed by atoms with Gasteiger partial charge in [-0.15, -0.1) is 0 Å². The molecule has 3 aromatic carbocycles. The summed E-state index contributed by atoms with van der Waals surface area (Å²) in [6.45, 7) is -0.634. The first kappa shape index (κ1) is 25.7. The number of hydrogen-bond donors (Lipinski definition) is 4. The summed E-state index contributed by atoms with van der Waals surface area (Å²) in [5.74, 6) is -0.265. The number of ether oxygens (including phenoxy) is 2. The van der Waals surface area contributed by atoms with Crippen LogP contribution in [0.3, 0.4) is 0 Å². The van der Waals surface area contributed by atoms with E-state index in [-0.39, 0.29) is 28.9 Å². The van der Waals surface area contributed by atoms with Gasteiger partial charge in [0.25, 0.3) is 10.0 Å². The van der Waals surface area contributed by atoms with Crippen LogP contribution in [0.4, 0.5) is 17.3 Å². The molecule has 0 unspecified atom stereocenters. The van der Waals surface area contributed by atoms with E-state index in [4.69, 9.17) is 14.6 Å². The van der Waals surface area contributed by atoms with Crippen LogP contribution in [0, 0.1) is 0 Å². The van der Waals surface area contributed by atoms with Crippen LogP contribution in [0.5, 0.6) is 11.5 Å². The summed E-state index contributed by atoms with van der Waals surface area (Å²) in [6, 6.07) is 17.6. The molecule has 192 valence electrons. The van der Waals surface area contributed by atoms with Crippen LogP contribution in [0.2, 0.25) is 0 Å². The molecule has 0 spiro atoms. The van der Waals surface area contributed by atoms with Gasteiger partial charge in [0.1, 0.15) is 11.5 Å². The molecule has 0 aliphatic heterocycles. The van der Waals surface area contributed by atoms with Gasteiger partial charge in [-0.05, 0) is 54.4 Å². The standard InChI is InChI=1S/C25H24N4O7S/c1-35-18-7-6-16(12-13-30)22(14-18)28-24-25(27-21-5-3-2-4-20(21)26-24)29-37(33,34)19-10-8-17(9-11-19)36-15-23(31)32/h2-11,14,30H,12-13,15H2,1H3,(H,26,28)(H,27,29)(H,31,32). The molecule has 11 nitrogen and oxygen atoms in total. The number of carboxylic acids is 1. The predicted octanol–water partition coefficient (Wildman–Crippen LogP) is 3.18. The quantitative estimate of drug-likeness (QED) is 0.229. The number of methoxy groups -OCH3 is 1. The molecule has 37 heavy (non-hydrogen) atoms. The van der Waals surface area contributed by atoms with Crippen molar-refractivity contribution in [2.75, 3.05) is 30.4 Å². The van der Waals surface area contributed by atoms with Crippen LogP contribution < -0.4 is 19.5 Å². The minimum Gasteiger partial charge on any atom is -0.497 e. The smallest absolute Gasteiger partial charge is 0.341 e. The zero-order chi connectivity index (χ0) is 26.4. The van der Waals surface area contributed by atoms with E-state index >= 15 is 0 Å². The van der Waals surface area contributed by atoms with Gasteiger partial charge in [-0.1, -0.05) is 18.2 Å². The third-order valence-corrected chi connectivity index (χ3v) is 6.60. The maximum Gasteiger partial charge on any atom is 0.341 e. The predicted molar refractivity (Wildman–Crippen MR) is 137 cm³/mol. The Kier molecular flexibility index (Phi) is 7.70. The molecule has 4 aromatic rings. The van der Waals surface area contributed by atoms with Crippen LogP contribution in [-0.4, -0.2) is 54.9 Å². The molecule has 4 N–H and O–H groups in total. The van der Waals surface area contributed by atoms with Crippen LogP contribution in [0.1, 0.15) is 5.56 Å². The Bertz CT molecular complexity index is 1530. The van der Waals surface area contributed by atoms with Gasteiger partial charge in [0, 0.05) is 18.4 Å². The number of aliphatic hydroxyl groups is 1. The Morgan fingerprint density at radius 2 is 1.59 bits per heavy atom. The molecule has 0 aliphatic rings. The van der Waals surface area contributed by atoms with Crippen molar-refractivity contribution in [3.05, 3.63) is 72.3 Å². The molecule has 0 atom stereocenters. The second kappa shape index (κ2) is 11.1. The van der Waals surface area contributed by atoms with E-state index in [1.54, 1.807) is 42.5 Å². The number of fused-ring (bicyclic) bond motifs is 1. The highest BCUT2D eigenvalue weighted by Gasteiger charge is 2.20. The summed E-state index contributed by atoms with van der Waals surface area (Å²) < 4.78 is 39.2. The van der Waals surface area contributed by atoms with Crippen molar-refractivity contribution in [2.45, 2.75) is 11.3 Å². The van der Waals surface area contributed by atoms with Crippen molar-refractivity contribution in [1.29, 1.82) is 0 Å². The minimum absolute atomic E-state index is 0.0392. The van der Waals surface area contributed by atoms with Gasteiger partial charge in [-0.25, -0.2) is 23.2 Å². The molecule has 0 saturated heterocycles. The highest BCUT2D eigenvalue weighted by Crippen LogP contribution is 2.31. The van der Waals surface area contributed by atoms with Crippen LogP contribution in [0.15, 0.2) is 71.6 Å². The molecule has 0 bridgehead atoms. The Balaban J connectivity index is 1.71. The van der Waals surface area contributed by atoms with Gasteiger partial charge in [0.2, 0.25) is 0 Å². The largest absolute Gasteiger partial charge is 0.497 e. The number of sulfonamides is 1. The maximum absolute atomic E-state index is 13.2. The van der Waals surface area contributed by atoms with Crippen molar-refractivity contribution in [3.63, 3.8) is 0 Å². The lowest BCUT2D eigenvalue weighted by atomic mass is 10.1. The van der Waals surface area contributed by atoms with Crippen molar-refractivity contribution in [1.82, 2.24) is 9.97 Å². The second-order valence-electron chi connectivity index (χ2n) is 7.79. The average Bonchev–Trinajstić information content (AvgIpc) is 2.89. The van der Waals surface area contributed by atoms with E-state index < -0.39 is 22.6 Å². The molecular formula is C25H24N4O7S. The number of aliphatic carboxylic acids is 1. The molecule has 4 rings (SSSR count). The molecule has 1 heterocycles. The molecular weight excluding hydrogens is 500 g/mol. The monoisotopic (exact) mass is 524 g/mol. The van der Waals surface area contributed by atoms with E-state index in [2.05, 4.69) is 20.0 Å². The molecule has 0 aliphatic carbocycles. The van der Waals surface area contributed by atoms with E-state index in [1.807, 2.05) is 0 Å². The summed E-state index contributed by atoms with van der Waals surface area (Å²) in [6.07, 6.45) is 0.352. The lowest BCUT2D eigenvalue weighted by molar-refractivity contribution is -0.139. The van der Waals surface area contributed by atoms with Gasteiger partial charge < -0.3 is 25.0 Å². The number of nitrogens with one attached hydrogen (secondary N) is 2. The number of anilines is 3. The van der Waals surface area contributed by atoms with Crippen molar-refractivity contribution in [2.24, 2.45) is 0 Å². The van der Waals surface area contributed by atoms with Crippen LogP contribution in [-0.2, 0) is 21.2 Å². The lowest BCUT2D eigenvalue weighted by Gasteiger charge is -2.16. The first-order valence-corrected chi connectivity index (χ1v) is 12.6. The summed E-state index contributed by atoms with van der Waals surface area (Å²) in [5, 5.41) is 21.3. The summed E-state index contributed by atoms with van der Waals surface area (Å²) in [7, 11) is -2.58.